The standard InChI is InChI=1S/C8H15NO4S/c1-5(2)7(14(11,12)13)4-6(3)8(9)10/h4-5,7H,1-3H3,(H2,9,10)(H,11,12,13)/b6-4+. The second-order valence-electron chi connectivity index (χ2n) is 3.44. The number of primary amides is 1. The first-order valence-corrected chi connectivity index (χ1v) is 5.61. The van der Waals surface area contributed by atoms with E-state index in [-0.39, 0.29) is 11.5 Å². The van der Waals surface area contributed by atoms with Gasteiger partial charge in [-0.15, -0.1) is 0 Å². The van der Waals surface area contributed by atoms with Gasteiger partial charge < -0.3 is 5.73 Å². The predicted octanol–water partition coefficient (Wildman–Crippen LogP) is 0.330. The summed E-state index contributed by atoms with van der Waals surface area (Å²) in [5.74, 6) is -1.02. The van der Waals surface area contributed by atoms with Gasteiger partial charge in [0.15, 0.2) is 0 Å². The SMILES string of the molecule is C/C(=C\C(C(C)C)S(=O)(=O)O)C(N)=O. The Labute approximate surface area is 83.7 Å². The highest BCUT2D eigenvalue weighted by Crippen LogP contribution is 2.14. The topological polar surface area (TPSA) is 97.5 Å². The third-order valence-electron chi connectivity index (χ3n) is 1.80. The lowest BCUT2D eigenvalue weighted by Crippen LogP contribution is -2.26. The molecule has 0 aliphatic carbocycles. The normalized spacial score (nSPS) is 15.6. The monoisotopic (exact) mass is 221 g/mol. The number of hydrogen-bond acceptors (Lipinski definition) is 3. The van der Waals surface area contributed by atoms with Crippen molar-refractivity contribution < 1.29 is 17.8 Å². The number of amides is 1. The van der Waals surface area contributed by atoms with E-state index >= 15 is 0 Å². The van der Waals surface area contributed by atoms with Crippen molar-refractivity contribution in [3.8, 4) is 0 Å². The Morgan fingerprint density at radius 1 is 1.43 bits per heavy atom. The summed E-state index contributed by atoms with van der Waals surface area (Å²) in [6, 6.07) is 0. The molecule has 0 rings (SSSR count). The molecule has 82 valence electrons. The van der Waals surface area contributed by atoms with Crippen LogP contribution in [-0.4, -0.2) is 24.1 Å². The van der Waals surface area contributed by atoms with Crippen LogP contribution < -0.4 is 5.73 Å². The fourth-order valence-corrected chi connectivity index (χ4v) is 2.01. The summed E-state index contributed by atoms with van der Waals surface area (Å²) < 4.78 is 30.6. The van der Waals surface area contributed by atoms with Crippen LogP contribution in [0.1, 0.15) is 20.8 Å². The van der Waals surface area contributed by atoms with Crippen LogP contribution in [-0.2, 0) is 14.9 Å². The lowest BCUT2D eigenvalue weighted by atomic mass is 10.1. The number of carbonyl (C=O) groups is 1. The van der Waals surface area contributed by atoms with Gasteiger partial charge in [-0.1, -0.05) is 19.9 Å². The van der Waals surface area contributed by atoms with Gasteiger partial charge in [0.2, 0.25) is 5.91 Å². The van der Waals surface area contributed by atoms with Gasteiger partial charge in [0.1, 0.15) is 5.25 Å². The molecule has 5 nitrogen and oxygen atoms in total. The molecule has 0 aromatic carbocycles. The van der Waals surface area contributed by atoms with Crippen molar-refractivity contribution in [2.24, 2.45) is 11.7 Å². The second kappa shape index (κ2) is 4.56. The van der Waals surface area contributed by atoms with Crippen LogP contribution in [0.3, 0.4) is 0 Å². The van der Waals surface area contributed by atoms with Crippen LogP contribution in [0.5, 0.6) is 0 Å². The van der Waals surface area contributed by atoms with Gasteiger partial charge >= 0.3 is 0 Å². The summed E-state index contributed by atoms with van der Waals surface area (Å²) in [4.78, 5) is 10.7. The third-order valence-corrected chi connectivity index (χ3v) is 3.17. The maximum Gasteiger partial charge on any atom is 0.271 e. The summed E-state index contributed by atoms with van der Waals surface area (Å²) in [6.07, 6.45) is 1.17. The minimum atomic E-state index is -4.18. The zero-order chi connectivity index (χ0) is 11.5. The van der Waals surface area contributed by atoms with Gasteiger partial charge in [-0.3, -0.25) is 9.35 Å². The Kier molecular flexibility index (Phi) is 4.28. The van der Waals surface area contributed by atoms with E-state index in [1.54, 1.807) is 13.8 Å². The average molecular weight is 221 g/mol. The van der Waals surface area contributed by atoms with Gasteiger partial charge in [-0.25, -0.2) is 0 Å². The van der Waals surface area contributed by atoms with Crippen LogP contribution in [0.25, 0.3) is 0 Å². The van der Waals surface area contributed by atoms with Crippen LogP contribution in [0.4, 0.5) is 0 Å². The van der Waals surface area contributed by atoms with Gasteiger partial charge in [0.05, 0.1) is 0 Å². The highest BCUT2D eigenvalue weighted by Gasteiger charge is 2.24. The molecule has 0 saturated carbocycles. The van der Waals surface area contributed by atoms with Crippen molar-refractivity contribution in [3.05, 3.63) is 11.6 Å². The molecule has 1 unspecified atom stereocenters. The fraction of sp³-hybridized carbons (Fsp3) is 0.625. The number of rotatable bonds is 4. The van der Waals surface area contributed by atoms with E-state index in [1.165, 1.54) is 13.0 Å². The number of nitrogens with two attached hydrogens (primary N) is 1. The van der Waals surface area contributed by atoms with E-state index in [9.17, 15) is 13.2 Å². The van der Waals surface area contributed by atoms with Crippen molar-refractivity contribution in [1.82, 2.24) is 0 Å². The van der Waals surface area contributed by atoms with Crippen LogP contribution in [0, 0.1) is 5.92 Å². The van der Waals surface area contributed by atoms with Gasteiger partial charge in [0.25, 0.3) is 10.1 Å². The Morgan fingerprint density at radius 2 is 1.86 bits per heavy atom. The predicted molar refractivity (Wildman–Crippen MR) is 53.1 cm³/mol. The zero-order valence-electron chi connectivity index (χ0n) is 8.39. The van der Waals surface area contributed by atoms with Gasteiger partial charge in [-0.2, -0.15) is 8.42 Å². The fourth-order valence-electron chi connectivity index (χ4n) is 0.951. The minimum Gasteiger partial charge on any atom is -0.366 e. The van der Waals surface area contributed by atoms with Crippen LogP contribution in [0.2, 0.25) is 0 Å². The molecule has 6 heteroatoms. The van der Waals surface area contributed by atoms with E-state index < -0.39 is 21.3 Å². The average Bonchev–Trinajstić information content (AvgIpc) is 1.96. The summed E-state index contributed by atoms with van der Waals surface area (Å²) in [5.41, 5.74) is 5.07. The Balaban J connectivity index is 5.09. The molecule has 0 aliphatic rings. The van der Waals surface area contributed by atoms with Crippen molar-refractivity contribution >= 4 is 16.0 Å². The summed E-state index contributed by atoms with van der Waals surface area (Å²) in [5, 5.41) is -1.09. The van der Waals surface area contributed by atoms with Crippen molar-refractivity contribution in [3.63, 3.8) is 0 Å². The molecule has 0 fully saturated rings. The summed E-state index contributed by atoms with van der Waals surface area (Å²) in [7, 11) is -4.18. The summed E-state index contributed by atoms with van der Waals surface area (Å²) in [6.45, 7) is 4.66. The molecule has 14 heavy (non-hydrogen) atoms. The van der Waals surface area contributed by atoms with Crippen molar-refractivity contribution in [1.29, 1.82) is 0 Å². The lowest BCUT2D eigenvalue weighted by molar-refractivity contribution is -0.114. The highest BCUT2D eigenvalue weighted by atomic mass is 32.2. The summed E-state index contributed by atoms with van der Waals surface area (Å²) >= 11 is 0. The maximum absolute atomic E-state index is 10.9. The van der Waals surface area contributed by atoms with E-state index in [4.69, 9.17) is 10.3 Å². The quantitative estimate of drug-likeness (QED) is 0.528. The molecule has 1 atom stereocenters. The molecule has 1 amide bonds. The first-order valence-electron chi connectivity index (χ1n) is 4.10. The molecule has 0 aliphatic heterocycles. The zero-order valence-corrected chi connectivity index (χ0v) is 9.21. The first-order chi connectivity index (χ1) is 6.16. The molecule has 0 bridgehead atoms. The largest absolute Gasteiger partial charge is 0.366 e. The maximum atomic E-state index is 10.9. The molecule has 0 aromatic rings. The molecule has 0 saturated heterocycles. The second-order valence-corrected chi connectivity index (χ2v) is 5.01. The van der Waals surface area contributed by atoms with Gasteiger partial charge in [-0.05, 0) is 12.8 Å². The van der Waals surface area contributed by atoms with Crippen LogP contribution >= 0.6 is 0 Å². The Bertz CT molecular complexity index is 342. The molecule has 3 N–H and O–H groups in total. The Morgan fingerprint density at radius 3 is 2.07 bits per heavy atom. The molecular weight excluding hydrogens is 206 g/mol. The minimum absolute atomic E-state index is 0.126. The first kappa shape index (κ1) is 13.1. The third kappa shape index (κ3) is 3.89. The lowest BCUT2D eigenvalue weighted by Gasteiger charge is -2.13. The highest BCUT2D eigenvalue weighted by molar-refractivity contribution is 7.86. The Hall–Kier alpha value is -0.880. The smallest absolute Gasteiger partial charge is 0.271 e. The molecule has 0 spiro atoms. The molecule has 0 heterocycles. The van der Waals surface area contributed by atoms with E-state index in [2.05, 4.69) is 0 Å². The van der Waals surface area contributed by atoms with Crippen molar-refractivity contribution in [2.75, 3.05) is 0 Å². The van der Waals surface area contributed by atoms with E-state index in [0.717, 1.165) is 0 Å². The van der Waals surface area contributed by atoms with Crippen molar-refractivity contribution in [2.45, 2.75) is 26.0 Å². The number of carbonyl (C=O) groups excluding carboxylic acids is 1. The van der Waals surface area contributed by atoms with Crippen LogP contribution in [0.15, 0.2) is 11.6 Å². The van der Waals surface area contributed by atoms with E-state index in [0.29, 0.717) is 0 Å². The molecule has 0 radical (unpaired) electrons. The number of hydrogen-bond donors (Lipinski definition) is 2. The van der Waals surface area contributed by atoms with Gasteiger partial charge in [0, 0.05) is 5.57 Å². The molecule has 0 aromatic heterocycles. The molecular formula is C8H15NO4S. The van der Waals surface area contributed by atoms with E-state index in [1.807, 2.05) is 0 Å².